The summed E-state index contributed by atoms with van der Waals surface area (Å²) in [5, 5.41) is 4.26. The number of carbonyl (C=O) groups excluding carboxylic acids is 1. The van der Waals surface area contributed by atoms with E-state index < -0.39 is 0 Å². The average Bonchev–Trinajstić information content (AvgIpc) is 2.53. The van der Waals surface area contributed by atoms with Gasteiger partial charge in [0.1, 0.15) is 0 Å². The van der Waals surface area contributed by atoms with Crippen LogP contribution < -0.4 is 5.32 Å². The normalized spacial score (nSPS) is 12.6. The smallest absolute Gasteiger partial charge is 0.236 e. The minimum atomic E-state index is 0.0801. The zero-order valence-corrected chi connectivity index (χ0v) is 11.3. The predicted octanol–water partition coefficient (Wildman–Crippen LogP) is 1.50. The molecule has 0 bridgehead atoms. The van der Waals surface area contributed by atoms with Crippen LogP contribution in [0, 0.1) is 13.8 Å². The van der Waals surface area contributed by atoms with E-state index in [1.807, 2.05) is 13.8 Å². The van der Waals surface area contributed by atoms with Gasteiger partial charge < -0.3 is 10.2 Å². The minimum Gasteiger partial charge on any atom is -0.348 e. The summed E-state index contributed by atoms with van der Waals surface area (Å²) in [7, 11) is 3.51. The standard InChI is InChI=1S/C11H19N3OS/c1-7(12-6-10(15)14(4)5)11-8(2)16-9(3)13-11/h7,12H,6H2,1-5H3. The van der Waals surface area contributed by atoms with Crippen molar-refractivity contribution in [2.24, 2.45) is 0 Å². The number of rotatable bonds is 4. The summed E-state index contributed by atoms with van der Waals surface area (Å²) in [4.78, 5) is 18.7. The number of aryl methyl sites for hydroxylation is 2. The Morgan fingerprint density at radius 1 is 1.50 bits per heavy atom. The lowest BCUT2D eigenvalue weighted by Gasteiger charge is -2.15. The van der Waals surface area contributed by atoms with Crippen LogP contribution in [-0.2, 0) is 4.79 Å². The van der Waals surface area contributed by atoms with Crippen molar-refractivity contribution < 1.29 is 4.79 Å². The number of nitrogens with one attached hydrogen (secondary N) is 1. The van der Waals surface area contributed by atoms with Crippen LogP contribution in [0.3, 0.4) is 0 Å². The van der Waals surface area contributed by atoms with E-state index >= 15 is 0 Å². The van der Waals surface area contributed by atoms with Gasteiger partial charge in [-0.25, -0.2) is 4.98 Å². The van der Waals surface area contributed by atoms with Crippen LogP contribution in [0.5, 0.6) is 0 Å². The number of carbonyl (C=O) groups is 1. The van der Waals surface area contributed by atoms with E-state index in [0.717, 1.165) is 10.7 Å². The van der Waals surface area contributed by atoms with Crippen LogP contribution >= 0.6 is 11.3 Å². The summed E-state index contributed by atoms with van der Waals surface area (Å²) in [5.41, 5.74) is 1.05. The van der Waals surface area contributed by atoms with Gasteiger partial charge in [-0.15, -0.1) is 11.3 Å². The second kappa shape index (κ2) is 5.41. The van der Waals surface area contributed by atoms with E-state index in [0.29, 0.717) is 6.54 Å². The summed E-state index contributed by atoms with van der Waals surface area (Å²) in [6, 6.07) is 0.119. The molecule has 16 heavy (non-hydrogen) atoms. The molecule has 0 aliphatic heterocycles. The molecule has 0 saturated heterocycles. The lowest BCUT2D eigenvalue weighted by molar-refractivity contribution is -0.127. The maximum atomic E-state index is 11.4. The van der Waals surface area contributed by atoms with Gasteiger partial charge >= 0.3 is 0 Å². The molecule has 0 spiro atoms. The van der Waals surface area contributed by atoms with E-state index in [1.54, 1.807) is 30.3 Å². The first-order valence-electron chi connectivity index (χ1n) is 5.29. The highest BCUT2D eigenvalue weighted by Gasteiger charge is 2.14. The first-order chi connectivity index (χ1) is 7.41. The molecule has 1 amide bonds. The molecule has 1 N–H and O–H groups in total. The lowest BCUT2D eigenvalue weighted by atomic mass is 10.2. The van der Waals surface area contributed by atoms with E-state index in [1.165, 1.54) is 4.88 Å². The first kappa shape index (κ1) is 13.1. The van der Waals surface area contributed by atoms with Gasteiger partial charge in [-0.05, 0) is 20.8 Å². The molecule has 0 aromatic carbocycles. The molecule has 0 aliphatic carbocycles. The Kier molecular flexibility index (Phi) is 4.44. The topological polar surface area (TPSA) is 45.2 Å². The van der Waals surface area contributed by atoms with Crippen LogP contribution in [-0.4, -0.2) is 36.4 Å². The molecule has 0 fully saturated rings. The number of nitrogens with zero attached hydrogens (tertiary/aromatic N) is 2. The lowest BCUT2D eigenvalue weighted by Crippen LogP contribution is -2.34. The van der Waals surface area contributed by atoms with Crippen molar-refractivity contribution >= 4 is 17.2 Å². The van der Waals surface area contributed by atoms with Crippen molar-refractivity contribution in [3.63, 3.8) is 0 Å². The highest BCUT2D eigenvalue weighted by molar-refractivity contribution is 7.11. The maximum Gasteiger partial charge on any atom is 0.236 e. The molecule has 1 heterocycles. The Bertz CT molecular complexity index is 373. The number of aromatic nitrogens is 1. The van der Waals surface area contributed by atoms with Crippen molar-refractivity contribution in [1.82, 2.24) is 15.2 Å². The van der Waals surface area contributed by atoms with Crippen molar-refractivity contribution in [2.45, 2.75) is 26.8 Å². The van der Waals surface area contributed by atoms with Crippen molar-refractivity contribution in [3.8, 4) is 0 Å². The molecule has 1 atom stereocenters. The van der Waals surface area contributed by atoms with Crippen molar-refractivity contribution in [2.75, 3.05) is 20.6 Å². The van der Waals surface area contributed by atoms with Crippen LogP contribution in [0.15, 0.2) is 0 Å². The van der Waals surface area contributed by atoms with Crippen molar-refractivity contribution in [1.29, 1.82) is 0 Å². The number of hydrogen-bond donors (Lipinski definition) is 1. The average molecular weight is 241 g/mol. The molecule has 1 rings (SSSR count). The molecule has 90 valence electrons. The van der Waals surface area contributed by atoms with Gasteiger partial charge in [0.2, 0.25) is 5.91 Å². The highest BCUT2D eigenvalue weighted by atomic mass is 32.1. The van der Waals surface area contributed by atoms with Crippen LogP contribution in [0.1, 0.15) is 28.5 Å². The summed E-state index contributed by atoms with van der Waals surface area (Å²) in [6.07, 6.45) is 0. The largest absolute Gasteiger partial charge is 0.348 e. The Morgan fingerprint density at radius 2 is 2.12 bits per heavy atom. The molecule has 5 heteroatoms. The molecular formula is C11H19N3OS. The first-order valence-corrected chi connectivity index (χ1v) is 6.11. The monoisotopic (exact) mass is 241 g/mol. The van der Waals surface area contributed by atoms with E-state index in [2.05, 4.69) is 17.2 Å². The van der Waals surface area contributed by atoms with Crippen LogP contribution in [0.4, 0.5) is 0 Å². The molecule has 4 nitrogen and oxygen atoms in total. The SMILES string of the molecule is Cc1nc(C(C)NCC(=O)N(C)C)c(C)s1. The number of hydrogen-bond acceptors (Lipinski definition) is 4. The summed E-state index contributed by atoms with van der Waals surface area (Å²) in [6.45, 7) is 6.44. The van der Waals surface area contributed by atoms with E-state index in [-0.39, 0.29) is 11.9 Å². The van der Waals surface area contributed by atoms with E-state index in [4.69, 9.17) is 0 Å². The number of thiazole rings is 1. The molecule has 0 saturated carbocycles. The Balaban J connectivity index is 2.56. The van der Waals surface area contributed by atoms with E-state index in [9.17, 15) is 4.79 Å². The third kappa shape index (κ3) is 3.28. The molecule has 0 aliphatic rings. The van der Waals surface area contributed by atoms with Gasteiger partial charge in [0, 0.05) is 25.0 Å². The van der Waals surface area contributed by atoms with Crippen LogP contribution in [0.25, 0.3) is 0 Å². The molecular weight excluding hydrogens is 222 g/mol. The third-order valence-electron chi connectivity index (χ3n) is 2.41. The molecule has 1 aromatic heterocycles. The Hall–Kier alpha value is -0.940. The highest BCUT2D eigenvalue weighted by Crippen LogP contribution is 2.22. The summed E-state index contributed by atoms with van der Waals surface area (Å²) in [5.74, 6) is 0.0801. The second-order valence-corrected chi connectivity index (χ2v) is 5.47. The quantitative estimate of drug-likeness (QED) is 0.869. The number of likely N-dealkylation sites (N-methyl/N-ethyl adjacent to an activating group) is 1. The summed E-state index contributed by atoms with van der Waals surface area (Å²) >= 11 is 1.69. The van der Waals surface area contributed by atoms with Gasteiger partial charge in [0.05, 0.1) is 17.2 Å². The summed E-state index contributed by atoms with van der Waals surface area (Å²) < 4.78 is 0. The predicted molar refractivity (Wildman–Crippen MR) is 66.7 cm³/mol. The van der Waals surface area contributed by atoms with Gasteiger partial charge in [0.25, 0.3) is 0 Å². The van der Waals surface area contributed by atoms with Gasteiger partial charge in [-0.2, -0.15) is 0 Å². The Labute approximate surface area is 101 Å². The van der Waals surface area contributed by atoms with Crippen molar-refractivity contribution in [3.05, 3.63) is 15.6 Å². The second-order valence-electron chi connectivity index (χ2n) is 4.07. The fourth-order valence-electron chi connectivity index (χ4n) is 1.44. The Morgan fingerprint density at radius 3 is 2.56 bits per heavy atom. The maximum absolute atomic E-state index is 11.4. The fraction of sp³-hybridized carbons (Fsp3) is 0.636. The van der Waals surface area contributed by atoms with Gasteiger partial charge in [-0.3, -0.25) is 4.79 Å². The number of amides is 1. The molecule has 1 aromatic rings. The van der Waals surface area contributed by atoms with Gasteiger partial charge in [-0.1, -0.05) is 0 Å². The zero-order chi connectivity index (χ0) is 12.3. The van der Waals surface area contributed by atoms with Gasteiger partial charge in [0.15, 0.2) is 0 Å². The fourth-order valence-corrected chi connectivity index (χ4v) is 2.36. The molecule has 1 unspecified atom stereocenters. The molecule has 0 radical (unpaired) electrons. The zero-order valence-electron chi connectivity index (χ0n) is 10.5. The minimum absolute atomic E-state index is 0.0801. The van der Waals surface area contributed by atoms with Crippen LogP contribution in [0.2, 0.25) is 0 Å². The third-order valence-corrected chi connectivity index (χ3v) is 3.31.